The third-order valence-electron chi connectivity index (χ3n) is 6.77. The van der Waals surface area contributed by atoms with Gasteiger partial charge in [-0.05, 0) is 70.3 Å². The molecule has 0 bridgehead atoms. The molecule has 2 nitrogen and oxygen atoms in total. The van der Waals surface area contributed by atoms with Crippen LogP contribution in [0.25, 0.3) is 0 Å². The average molecular weight is 295 g/mol. The molecule has 2 aliphatic rings. The Morgan fingerprint density at radius 3 is 2.10 bits per heavy atom. The van der Waals surface area contributed by atoms with Crippen LogP contribution < -0.4 is 5.73 Å². The SMILES string of the molecule is CCCCN(C(C)CC)C1(CN)CCC2(CCCC2)CC1. The van der Waals surface area contributed by atoms with Gasteiger partial charge in [0.1, 0.15) is 0 Å². The molecule has 2 heteroatoms. The van der Waals surface area contributed by atoms with Gasteiger partial charge in [0.05, 0.1) is 0 Å². The zero-order valence-electron chi connectivity index (χ0n) is 14.8. The number of hydrogen-bond donors (Lipinski definition) is 1. The van der Waals surface area contributed by atoms with E-state index >= 15 is 0 Å². The molecule has 2 fully saturated rings. The van der Waals surface area contributed by atoms with E-state index in [2.05, 4.69) is 25.7 Å². The fraction of sp³-hybridized carbons (Fsp3) is 1.00. The van der Waals surface area contributed by atoms with Crippen molar-refractivity contribution in [3.63, 3.8) is 0 Å². The van der Waals surface area contributed by atoms with Crippen LogP contribution in [0.5, 0.6) is 0 Å². The van der Waals surface area contributed by atoms with E-state index in [-0.39, 0.29) is 0 Å². The van der Waals surface area contributed by atoms with Gasteiger partial charge in [0.2, 0.25) is 0 Å². The summed E-state index contributed by atoms with van der Waals surface area (Å²) in [6.07, 6.45) is 15.3. The maximum atomic E-state index is 6.35. The third kappa shape index (κ3) is 3.64. The first-order chi connectivity index (χ1) is 10.1. The Bertz CT molecular complexity index is 297. The summed E-state index contributed by atoms with van der Waals surface area (Å²) in [6.45, 7) is 9.15. The van der Waals surface area contributed by atoms with Crippen molar-refractivity contribution < 1.29 is 0 Å². The van der Waals surface area contributed by atoms with Crippen molar-refractivity contribution in [2.24, 2.45) is 11.1 Å². The summed E-state index contributed by atoms with van der Waals surface area (Å²) < 4.78 is 0. The van der Waals surface area contributed by atoms with Crippen molar-refractivity contribution in [2.75, 3.05) is 13.1 Å². The highest BCUT2D eigenvalue weighted by Gasteiger charge is 2.46. The lowest BCUT2D eigenvalue weighted by molar-refractivity contribution is -0.0115. The lowest BCUT2D eigenvalue weighted by Crippen LogP contribution is -2.59. The molecule has 0 aromatic carbocycles. The van der Waals surface area contributed by atoms with E-state index in [4.69, 9.17) is 5.73 Å². The second-order valence-electron chi connectivity index (χ2n) is 7.94. The highest BCUT2D eigenvalue weighted by Crippen LogP contribution is 2.52. The fourth-order valence-corrected chi connectivity index (χ4v) is 4.95. The number of nitrogens with two attached hydrogens (primary N) is 1. The number of unbranched alkanes of at least 4 members (excludes halogenated alkanes) is 1. The molecule has 21 heavy (non-hydrogen) atoms. The Morgan fingerprint density at radius 1 is 1.00 bits per heavy atom. The minimum absolute atomic E-state index is 0.304. The summed E-state index contributed by atoms with van der Waals surface area (Å²) in [7, 11) is 0. The van der Waals surface area contributed by atoms with Gasteiger partial charge in [-0.25, -0.2) is 0 Å². The molecule has 0 aliphatic heterocycles. The number of rotatable bonds is 7. The molecule has 1 spiro atoms. The van der Waals surface area contributed by atoms with E-state index in [9.17, 15) is 0 Å². The van der Waals surface area contributed by atoms with Crippen molar-refractivity contribution in [2.45, 2.75) is 103 Å². The Morgan fingerprint density at radius 2 is 1.62 bits per heavy atom. The Hall–Kier alpha value is -0.0800. The van der Waals surface area contributed by atoms with Gasteiger partial charge in [0.25, 0.3) is 0 Å². The van der Waals surface area contributed by atoms with Gasteiger partial charge in [0, 0.05) is 18.1 Å². The zero-order valence-corrected chi connectivity index (χ0v) is 14.8. The fourth-order valence-electron chi connectivity index (χ4n) is 4.95. The second kappa shape index (κ2) is 7.46. The maximum absolute atomic E-state index is 6.35. The molecule has 2 aliphatic carbocycles. The molecule has 2 rings (SSSR count). The highest BCUT2D eigenvalue weighted by molar-refractivity contribution is 5.02. The molecular formula is C19H38N2. The minimum atomic E-state index is 0.304. The van der Waals surface area contributed by atoms with E-state index in [1.165, 1.54) is 77.2 Å². The minimum Gasteiger partial charge on any atom is -0.329 e. The van der Waals surface area contributed by atoms with Crippen LogP contribution in [0, 0.1) is 5.41 Å². The Labute approximate surface area is 132 Å². The summed E-state index contributed by atoms with van der Waals surface area (Å²) in [5.74, 6) is 0. The van der Waals surface area contributed by atoms with Crippen molar-refractivity contribution in [1.29, 1.82) is 0 Å². The average Bonchev–Trinajstić information content (AvgIpc) is 2.98. The van der Waals surface area contributed by atoms with Crippen LogP contribution in [-0.4, -0.2) is 29.6 Å². The number of nitrogens with zero attached hydrogens (tertiary/aromatic N) is 1. The van der Waals surface area contributed by atoms with Crippen LogP contribution in [-0.2, 0) is 0 Å². The largest absolute Gasteiger partial charge is 0.329 e. The van der Waals surface area contributed by atoms with Crippen molar-refractivity contribution in [1.82, 2.24) is 4.90 Å². The Balaban J connectivity index is 2.07. The topological polar surface area (TPSA) is 29.3 Å². The number of hydrogen-bond acceptors (Lipinski definition) is 2. The van der Waals surface area contributed by atoms with Gasteiger partial charge in [0.15, 0.2) is 0 Å². The summed E-state index contributed by atoms with van der Waals surface area (Å²) in [6, 6.07) is 0.678. The molecule has 0 radical (unpaired) electrons. The van der Waals surface area contributed by atoms with Crippen LogP contribution in [0.1, 0.15) is 91.4 Å². The highest BCUT2D eigenvalue weighted by atomic mass is 15.2. The van der Waals surface area contributed by atoms with Crippen LogP contribution in [0.4, 0.5) is 0 Å². The van der Waals surface area contributed by atoms with Gasteiger partial charge in [-0.15, -0.1) is 0 Å². The summed E-state index contributed by atoms with van der Waals surface area (Å²) in [4.78, 5) is 2.80. The van der Waals surface area contributed by atoms with Crippen LogP contribution in [0.2, 0.25) is 0 Å². The predicted molar refractivity (Wildman–Crippen MR) is 92.5 cm³/mol. The predicted octanol–water partition coefficient (Wildman–Crippen LogP) is 4.72. The van der Waals surface area contributed by atoms with E-state index in [1.807, 2.05) is 0 Å². The van der Waals surface area contributed by atoms with Crippen LogP contribution in [0.15, 0.2) is 0 Å². The summed E-state index contributed by atoms with van der Waals surface area (Å²) >= 11 is 0. The zero-order chi connectivity index (χ0) is 15.3. The molecule has 0 heterocycles. The molecule has 0 saturated heterocycles. The maximum Gasteiger partial charge on any atom is 0.0334 e. The molecule has 0 aromatic rings. The van der Waals surface area contributed by atoms with Crippen molar-refractivity contribution in [3.8, 4) is 0 Å². The monoisotopic (exact) mass is 294 g/mol. The quantitative estimate of drug-likeness (QED) is 0.736. The van der Waals surface area contributed by atoms with E-state index in [1.54, 1.807) is 0 Å². The third-order valence-corrected chi connectivity index (χ3v) is 6.77. The first kappa shape index (κ1) is 17.3. The normalized spacial score (nSPS) is 25.6. The lowest BCUT2D eigenvalue weighted by atomic mass is 9.65. The van der Waals surface area contributed by atoms with Gasteiger partial charge in [-0.2, -0.15) is 0 Å². The molecule has 1 unspecified atom stereocenters. The lowest BCUT2D eigenvalue weighted by Gasteiger charge is -2.52. The van der Waals surface area contributed by atoms with Gasteiger partial charge in [-0.3, -0.25) is 4.90 Å². The molecule has 124 valence electrons. The Kier molecular flexibility index (Phi) is 6.14. The molecule has 0 amide bonds. The second-order valence-corrected chi connectivity index (χ2v) is 7.94. The molecule has 1 atom stereocenters. The van der Waals surface area contributed by atoms with E-state index in [0.29, 0.717) is 17.0 Å². The van der Waals surface area contributed by atoms with Crippen LogP contribution >= 0.6 is 0 Å². The van der Waals surface area contributed by atoms with Crippen LogP contribution in [0.3, 0.4) is 0 Å². The molecule has 0 aromatic heterocycles. The van der Waals surface area contributed by atoms with Crippen molar-refractivity contribution in [3.05, 3.63) is 0 Å². The van der Waals surface area contributed by atoms with Gasteiger partial charge >= 0.3 is 0 Å². The summed E-state index contributed by atoms with van der Waals surface area (Å²) in [5, 5.41) is 0. The van der Waals surface area contributed by atoms with Crippen molar-refractivity contribution >= 4 is 0 Å². The van der Waals surface area contributed by atoms with E-state index < -0.39 is 0 Å². The smallest absolute Gasteiger partial charge is 0.0334 e. The first-order valence-electron chi connectivity index (χ1n) is 9.58. The summed E-state index contributed by atoms with van der Waals surface area (Å²) in [5.41, 5.74) is 7.37. The molecular weight excluding hydrogens is 256 g/mol. The van der Waals surface area contributed by atoms with E-state index in [0.717, 1.165) is 6.54 Å². The van der Waals surface area contributed by atoms with Gasteiger partial charge in [-0.1, -0.05) is 33.1 Å². The molecule has 2 saturated carbocycles. The first-order valence-corrected chi connectivity index (χ1v) is 9.58. The van der Waals surface area contributed by atoms with Gasteiger partial charge < -0.3 is 5.73 Å². The standard InChI is InChI=1S/C19H38N2/c1-4-6-15-21(17(3)5-2)19(16-20)13-11-18(12-14-19)9-7-8-10-18/h17H,4-16,20H2,1-3H3. The molecule has 2 N–H and O–H groups in total.